The number of phenols is 1. The van der Waals surface area contributed by atoms with Gasteiger partial charge in [-0.1, -0.05) is 84.9 Å². The molecule has 2 aliphatic heterocycles. The van der Waals surface area contributed by atoms with E-state index in [0.717, 1.165) is 58.5 Å². The standard InChI is InChI=1S/C40H37NO5/c1-3-44-31-15-9-10-16-32(31)45-37-26-14-8-7-13-25(26)34(33(37)23-11-5-4-6-12-23)27-21-24-22-29-28-17-18-30(42)39-40(28,19-20-41(29)2)35(24)38(46-39)36(27)43/h4-18,21,28-30,34,39,42-43H,3,19-20,22H2,1-2H3/t28-,29+,30-,34?,39-,40+/m0/s1. The van der Waals surface area contributed by atoms with E-state index in [1.165, 1.54) is 5.56 Å². The third-order valence-electron chi connectivity index (χ3n) is 11.1. The lowest BCUT2D eigenvalue weighted by atomic mass is 9.53. The summed E-state index contributed by atoms with van der Waals surface area (Å²) in [6.07, 6.45) is 4.72. The topological polar surface area (TPSA) is 71.4 Å². The average Bonchev–Trinajstić information content (AvgIpc) is 3.60. The van der Waals surface area contributed by atoms with Gasteiger partial charge in [0.1, 0.15) is 18.0 Å². The van der Waals surface area contributed by atoms with E-state index in [-0.39, 0.29) is 23.0 Å². The van der Waals surface area contributed by atoms with Gasteiger partial charge in [0.25, 0.3) is 0 Å². The second-order valence-corrected chi connectivity index (χ2v) is 13.3. The van der Waals surface area contributed by atoms with Crippen molar-refractivity contribution in [2.75, 3.05) is 20.2 Å². The lowest BCUT2D eigenvalue weighted by molar-refractivity contribution is -0.0453. The van der Waals surface area contributed by atoms with Gasteiger partial charge in [-0.15, -0.1) is 0 Å². The number of hydrogen-bond donors (Lipinski definition) is 2. The molecule has 9 rings (SSSR count). The predicted octanol–water partition coefficient (Wildman–Crippen LogP) is 6.69. The molecule has 1 unspecified atom stereocenters. The van der Waals surface area contributed by atoms with Crippen molar-refractivity contribution in [2.45, 2.75) is 49.3 Å². The number of hydrogen-bond acceptors (Lipinski definition) is 6. The normalized spacial score (nSPS) is 28.5. The summed E-state index contributed by atoms with van der Waals surface area (Å²) in [7, 11) is 2.21. The first kappa shape index (κ1) is 27.8. The van der Waals surface area contributed by atoms with Crippen LogP contribution >= 0.6 is 0 Å². The highest BCUT2D eigenvalue weighted by Crippen LogP contribution is 2.65. The van der Waals surface area contributed by atoms with E-state index < -0.39 is 12.2 Å². The Hall–Kier alpha value is -4.52. The molecule has 1 spiro atoms. The van der Waals surface area contributed by atoms with Crippen LogP contribution in [0, 0.1) is 5.92 Å². The van der Waals surface area contributed by atoms with Crippen LogP contribution in [0.3, 0.4) is 0 Å². The number of aromatic hydroxyl groups is 1. The number of para-hydroxylation sites is 2. The van der Waals surface area contributed by atoms with E-state index in [9.17, 15) is 10.2 Å². The quantitative estimate of drug-likeness (QED) is 0.237. The number of phenolic OH excluding ortho intramolecular Hbond substituents is 1. The van der Waals surface area contributed by atoms with Gasteiger partial charge in [0.05, 0.1) is 6.61 Å². The third-order valence-corrected chi connectivity index (χ3v) is 11.1. The molecule has 232 valence electrons. The Morgan fingerprint density at radius 2 is 1.70 bits per heavy atom. The SMILES string of the molecule is CCOc1ccccc1OC1=C(c2ccccc2)C(c2cc3c4c(c2O)O[C@H]2[C@@H](O)C=C[C@H]5[C@@H](C3)N(C)CC[C@]452)c2ccccc21. The maximum atomic E-state index is 12.3. The minimum absolute atomic E-state index is 0.162. The van der Waals surface area contributed by atoms with Crippen LogP contribution < -0.4 is 14.2 Å². The van der Waals surface area contributed by atoms with Crippen LogP contribution in [0.2, 0.25) is 0 Å². The Balaban J connectivity index is 1.28. The van der Waals surface area contributed by atoms with E-state index >= 15 is 0 Å². The fraction of sp³-hybridized carbons (Fsp3) is 0.300. The smallest absolute Gasteiger partial charge is 0.169 e. The van der Waals surface area contributed by atoms with Crippen molar-refractivity contribution in [3.05, 3.63) is 130 Å². The maximum absolute atomic E-state index is 12.3. The molecule has 0 amide bonds. The van der Waals surface area contributed by atoms with Gasteiger partial charge < -0.3 is 29.3 Å². The summed E-state index contributed by atoms with van der Waals surface area (Å²) in [5.74, 6) is 2.71. The van der Waals surface area contributed by atoms with Gasteiger partial charge in [-0.2, -0.15) is 0 Å². The van der Waals surface area contributed by atoms with E-state index in [1.807, 2.05) is 61.5 Å². The van der Waals surface area contributed by atoms with Gasteiger partial charge in [-0.25, -0.2) is 0 Å². The van der Waals surface area contributed by atoms with Crippen molar-refractivity contribution in [3.8, 4) is 23.0 Å². The molecule has 1 fully saturated rings. The largest absolute Gasteiger partial charge is 0.504 e. The highest BCUT2D eigenvalue weighted by molar-refractivity contribution is 6.00. The Morgan fingerprint density at radius 3 is 2.52 bits per heavy atom. The average molecular weight is 612 g/mol. The molecule has 0 radical (unpaired) electrons. The molecule has 4 aromatic rings. The molecule has 6 atom stereocenters. The second-order valence-electron chi connectivity index (χ2n) is 13.3. The summed E-state index contributed by atoms with van der Waals surface area (Å²) in [5.41, 5.74) is 6.82. The molecular formula is C40H37NO5. The zero-order valence-electron chi connectivity index (χ0n) is 26.0. The number of likely N-dealkylation sites (N-methyl/N-ethyl adjacent to an activating group) is 1. The zero-order valence-corrected chi connectivity index (χ0v) is 26.0. The van der Waals surface area contributed by atoms with Gasteiger partial charge in [0.15, 0.2) is 23.0 Å². The minimum atomic E-state index is -0.723. The highest BCUT2D eigenvalue weighted by Gasteiger charge is 2.64. The molecule has 6 nitrogen and oxygen atoms in total. The van der Waals surface area contributed by atoms with Crippen molar-refractivity contribution in [1.82, 2.24) is 4.90 Å². The summed E-state index contributed by atoms with van der Waals surface area (Å²) < 4.78 is 19.5. The van der Waals surface area contributed by atoms with Crippen molar-refractivity contribution in [2.24, 2.45) is 5.92 Å². The summed E-state index contributed by atoms with van der Waals surface area (Å²) in [6, 6.07) is 28.9. The van der Waals surface area contributed by atoms with Gasteiger partial charge in [-0.3, -0.25) is 0 Å². The van der Waals surface area contributed by atoms with Crippen LogP contribution in [-0.2, 0) is 11.8 Å². The highest BCUT2D eigenvalue weighted by atomic mass is 16.5. The maximum Gasteiger partial charge on any atom is 0.169 e. The van der Waals surface area contributed by atoms with Gasteiger partial charge in [0.2, 0.25) is 0 Å². The molecule has 2 heterocycles. The number of piperidine rings is 1. The van der Waals surface area contributed by atoms with E-state index in [1.54, 1.807) is 0 Å². The lowest BCUT2D eigenvalue weighted by Crippen LogP contribution is -2.64. The minimum Gasteiger partial charge on any atom is -0.504 e. The molecule has 1 saturated heterocycles. The van der Waals surface area contributed by atoms with Gasteiger partial charge in [0, 0.05) is 45.6 Å². The summed E-state index contributed by atoms with van der Waals surface area (Å²) in [6.45, 7) is 3.43. The molecule has 0 aromatic heterocycles. The monoisotopic (exact) mass is 611 g/mol. The Morgan fingerprint density at radius 1 is 0.935 bits per heavy atom. The number of aliphatic hydroxyl groups excluding tert-OH is 1. The van der Waals surface area contributed by atoms with Crippen LogP contribution in [-0.4, -0.2) is 53.6 Å². The molecule has 2 bridgehead atoms. The van der Waals surface area contributed by atoms with Gasteiger partial charge >= 0.3 is 0 Å². The van der Waals surface area contributed by atoms with Gasteiger partial charge in [-0.05, 0) is 62.2 Å². The molecule has 4 aromatic carbocycles. The first-order valence-electron chi connectivity index (χ1n) is 16.4. The summed E-state index contributed by atoms with van der Waals surface area (Å²) in [5, 5.41) is 23.6. The first-order valence-corrected chi connectivity index (χ1v) is 16.4. The molecule has 3 aliphatic carbocycles. The fourth-order valence-corrected chi connectivity index (χ4v) is 9.21. The van der Waals surface area contributed by atoms with Crippen LogP contribution in [0.1, 0.15) is 52.6 Å². The van der Waals surface area contributed by atoms with E-state index in [0.29, 0.717) is 29.9 Å². The van der Waals surface area contributed by atoms with Crippen molar-refractivity contribution >= 4 is 11.3 Å². The number of ether oxygens (including phenoxy) is 3. The number of nitrogens with zero attached hydrogens (tertiary/aromatic N) is 1. The lowest BCUT2D eigenvalue weighted by Gasteiger charge is -2.56. The van der Waals surface area contributed by atoms with Crippen molar-refractivity contribution in [3.63, 3.8) is 0 Å². The molecule has 5 aliphatic rings. The zero-order chi connectivity index (χ0) is 31.2. The molecule has 0 saturated carbocycles. The molecule has 6 heteroatoms. The van der Waals surface area contributed by atoms with Crippen LogP contribution in [0.4, 0.5) is 0 Å². The third kappa shape index (κ3) is 3.71. The molecular weight excluding hydrogens is 574 g/mol. The van der Waals surface area contributed by atoms with Crippen molar-refractivity contribution < 1.29 is 24.4 Å². The Labute approximate surface area is 269 Å². The number of allylic oxidation sites excluding steroid dienone is 1. The number of benzene rings is 4. The second kappa shape index (κ2) is 10.2. The summed E-state index contributed by atoms with van der Waals surface area (Å²) in [4.78, 5) is 2.46. The number of rotatable bonds is 6. The Kier molecular flexibility index (Phi) is 6.18. The summed E-state index contributed by atoms with van der Waals surface area (Å²) >= 11 is 0. The van der Waals surface area contributed by atoms with Crippen LogP contribution in [0.25, 0.3) is 11.3 Å². The van der Waals surface area contributed by atoms with Crippen molar-refractivity contribution in [1.29, 1.82) is 0 Å². The first-order chi connectivity index (χ1) is 22.5. The van der Waals surface area contributed by atoms with Crippen LogP contribution in [0.15, 0.2) is 97.1 Å². The number of likely N-dealkylation sites (tertiary alicyclic amines) is 1. The fourth-order valence-electron chi connectivity index (χ4n) is 9.21. The Bertz CT molecular complexity index is 1930. The predicted molar refractivity (Wildman–Crippen MR) is 177 cm³/mol. The number of aliphatic hydroxyl groups is 1. The van der Waals surface area contributed by atoms with E-state index in [2.05, 4.69) is 54.4 Å². The van der Waals surface area contributed by atoms with Crippen LogP contribution in [0.5, 0.6) is 23.0 Å². The van der Waals surface area contributed by atoms with E-state index in [4.69, 9.17) is 14.2 Å². The molecule has 46 heavy (non-hydrogen) atoms. The molecule has 2 N–H and O–H groups in total. The number of fused-ring (bicyclic) bond motifs is 1.